The number of hydrogen-bond acceptors (Lipinski definition) is 4. The summed E-state index contributed by atoms with van der Waals surface area (Å²) in [7, 11) is -3.41. The molecule has 1 amide bonds. The first-order valence-electron chi connectivity index (χ1n) is 6.40. The summed E-state index contributed by atoms with van der Waals surface area (Å²) in [5.41, 5.74) is 1.28. The molecule has 0 heterocycles. The van der Waals surface area contributed by atoms with Gasteiger partial charge in [0.2, 0.25) is 15.9 Å². The van der Waals surface area contributed by atoms with Crippen LogP contribution in [0.2, 0.25) is 0 Å². The fourth-order valence-corrected chi connectivity index (χ4v) is 2.09. The van der Waals surface area contributed by atoms with Gasteiger partial charge in [-0.2, -0.15) is 0 Å². The van der Waals surface area contributed by atoms with Gasteiger partial charge in [-0.15, -0.1) is 0 Å². The van der Waals surface area contributed by atoms with Gasteiger partial charge >= 0.3 is 5.97 Å². The molecule has 3 N–H and O–H groups in total. The van der Waals surface area contributed by atoms with Gasteiger partial charge in [0.05, 0.1) is 12.3 Å². The normalized spacial score (nSPS) is 11.1. The van der Waals surface area contributed by atoms with Crippen molar-refractivity contribution < 1.29 is 23.1 Å². The minimum Gasteiger partial charge on any atom is -0.481 e. The fourth-order valence-electron chi connectivity index (χ4n) is 1.54. The molecule has 116 valence electrons. The maximum atomic E-state index is 11.6. The standard InChI is InChI=1S/C13H18N2O5S/c1-2-21(19,20)14-9-12(16)15-11-5-3-4-10(8-11)6-7-13(17)18/h3-5,8,14H,2,6-7,9H2,1H3,(H,15,16)(H,17,18). The Kier molecular flexibility index (Phi) is 6.32. The summed E-state index contributed by atoms with van der Waals surface area (Å²) in [6.45, 7) is 1.14. The molecular formula is C13H18N2O5S. The van der Waals surface area contributed by atoms with Crippen molar-refractivity contribution in [2.75, 3.05) is 17.6 Å². The van der Waals surface area contributed by atoms with E-state index in [0.717, 1.165) is 5.56 Å². The summed E-state index contributed by atoms with van der Waals surface area (Å²) in [6, 6.07) is 6.77. The van der Waals surface area contributed by atoms with E-state index in [1.165, 1.54) is 6.92 Å². The highest BCUT2D eigenvalue weighted by atomic mass is 32.2. The van der Waals surface area contributed by atoms with Crippen LogP contribution in [0.1, 0.15) is 18.9 Å². The largest absolute Gasteiger partial charge is 0.481 e. The molecule has 8 heteroatoms. The molecule has 1 aromatic rings. The summed E-state index contributed by atoms with van der Waals surface area (Å²) in [5, 5.41) is 11.2. The second-order valence-corrected chi connectivity index (χ2v) is 6.46. The number of nitrogens with one attached hydrogen (secondary N) is 2. The summed E-state index contributed by atoms with van der Waals surface area (Å²) < 4.78 is 24.6. The molecule has 0 aliphatic rings. The van der Waals surface area contributed by atoms with Crippen molar-refractivity contribution in [1.82, 2.24) is 4.72 Å². The van der Waals surface area contributed by atoms with Gasteiger partial charge in [-0.25, -0.2) is 13.1 Å². The summed E-state index contributed by atoms with van der Waals surface area (Å²) >= 11 is 0. The number of aryl methyl sites for hydroxylation is 1. The van der Waals surface area contributed by atoms with E-state index in [2.05, 4.69) is 10.0 Å². The van der Waals surface area contributed by atoms with Crippen LogP contribution in [-0.4, -0.2) is 37.7 Å². The number of hydrogen-bond donors (Lipinski definition) is 3. The number of carboxylic acid groups (broad SMARTS) is 1. The zero-order chi connectivity index (χ0) is 15.9. The maximum Gasteiger partial charge on any atom is 0.303 e. The quantitative estimate of drug-likeness (QED) is 0.650. The van der Waals surface area contributed by atoms with Crippen LogP contribution in [0.4, 0.5) is 5.69 Å². The van der Waals surface area contributed by atoms with E-state index in [0.29, 0.717) is 12.1 Å². The molecule has 1 aromatic carbocycles. The van der Waals surface area contributed by atoms with Gasteiger partial charge in [-0.05, 0) is 31.0 Å². The molecule has 7 nitrogen and oxygen atoms in total. The van der Waals surface area contributed by atoms with E-state index in [-0.39, 0.29) is 18.7 Å². The zero-order valence-corrected chi connectivity index (χ0v) is 12.4. The second-order valence-electron chi connectivity index (χ2n) is 4.37. The first kappa shape index (κ1) is 17.1. The molecule has 1 rings (SSSR count). The van der Waals surface area contributed by atoms with Crippen LogP contribution in [-0.2, 0) is 26.0 Å². The predicted octanol–water partition coefficient (Wildman–Crippen LogP) is 0.582. The Morgan fingerprint density at radius 3 is 2.62 bits per heavy atom. The van der Waals surface area contributed by atoms with Crippen molar-refractivity contribution in [3.63, 3.8) is 0 Å². The van der Waals surface area contributed by atoms with Crippen molar-refractivity contribution in [2.45, 2.75) is 19.8 Å². The molecule has 0 aromatic heterocycles. The number of benzene rings is 1. The van der Waals surface area contributed by atoms with Crippen molar-refractivity contribution >= 4 is 27.6 Å². The van der Waals surface area contributed by atoms with E-state index < -0.39 is 21.9 Å². The van der Waals surface area contributed by atoms with Crippen LogP contribution in [0.15, 0.2) is 24.3 Å². The molecule has 0 radical (unpaired) electrons. The number of rotatable bonds is 8. The third-order valence-electron chi connectivity index (χ3n) is 2.67. The lowest BCUT2D eigenvalue weighted by atomic mass is 10.1. The van der Waals surface area contributed by atoms with E-state index in [4.69, 9.17) is 5.11 Å². The number of amides is 1. The smallest absolute Gasteiger partial charge is 0.303 e. The lowest BCUT2D eigenvalue weighted by molar-refractivity contribution is -0.137. The average Bonchev–Trinajstić information content (AvgIpc) is 2.43. The van der Waals surface area contributed by atoms with Crippen molar-refractivity contribution in [1.29, 1.82) is 0 Å². The van der Waals surface area contributed by atoms with Crippen LogP contribution < -0.4 is 10.0 Å². The molecule has 0 bridgehead atoms. The van der Waals surface area contributed by atoms with Gasteiger partial charge in [0.15, 0.2) is 0 Å². The Hall–Kier alpha value is -1.93. The van der Waals surface area contributed by atoms with Gasteiger partial charge in [0, 0.05) is 12.1 Å². The molecule has 0 unspecified atom stereocenters. The lowest BCUT2D eigenvalue weighted by Gasteiger charge is -2.08. The molecule has 0 atom stereocenters. The van der Waals surface area contributed by atoms with Crippen molar-refractivity contribution in [3.8, 4) is 0 Å². The summed E-state index contributed by atoms with van der Waals surface area (Å²) in [4.78, 5) is 22.1. The van der Waals surface area contributed by atoms with Gasteiger partial charge < -0.3 is 10.4 Å². The predicted molar refractivity (Wildman–Crippen MR) is 78.5 cm³/mol. The van der Waals surface area contributed by atoms with E-state index in [9.17, 15) is 18.0 Å². The molecule has 0 saturated heterocycles. The minimum atomic E-state index is -3.41. The van der Waals surface area contributed by atoms with E-state index in [1.54, 1.807) is 24.3 Å². The first-order valence-corrected chi connectivity index (χ1v) is 8.05. The number of carbonyl (C=O) groups is 2. The molecule has 0 aliphatic carbocycles. The molecule has 0 aliphatic heterocycles. The number of carboxylic acids is 1. The Balaban J connectivity index is 2.56. The SMILES string of the molecule is CCS(=O)(=O)NCC(=O)Nc1cccc(CCC(=O)O)c1. The topological polar surface area (TPSA) is 113 Å². The highest BCUT2D eigenvalue weighted by Gasteiger charge is 2.10. The molecule has 0 saturated carbocycles. The van der Waals surface area contributed by atoms with Gasteiger partial charge in [-0.1, -0.05) is 12.1 Å². The Bertz CT molecular complexity index is 613. The van der Waals surface area contributed by atoms with Crippen LogP contribution in [0.3, 0.4) is 0 Å². The van der Waals surface area contributed by atoms with Gasteiger partial charge in [0.25, 0.3) is 0 Å². The number of sulfonamides is 1. The third kappa shape index (κ3) is 6.87. The second kappa shape index (κ2) is 7.75. The summed E-state index contributed by atoms with van der Waals surface area (Å²) in [5.74, 6) is -1.47. The third-order valence-corrected chi connectivity index (χ3v) is 4.02. The molecule has 0 fully saturated rings. The Labute approximate surface area is 123 Å². The fraction of sp³-hybridized carbons (Fsp3) is 0.385. The van der Waals surface area contributed by atoms with Gasteiger partial charge in [-0.3, -0.25) is 9.59 Å². The molecular weight excluding hydrogens is 296 g/mol. The van der Waals surface area contributed by atoms with Gasteiger partial charge in [0.1, 0.15) is 0 Å². The van der Waals surface area contributed by atoms with E-state index >= 15 is 0 Å². The lowest BCUT2D eigenvalue weighted by Crippen LogP contribution is -2.33. The Morgan fingerprint density at radius 1 is 1.29 bits per heavy atom. The number of aliphatic carboxylic acids is 1. The minimum absolute atomic E-state index is 0.00764. The Morgan fingerprint density at radius 2 is 2.00 bits per heavy atom. The van der Waals surface area contributed by atoms with Crippen molar-refractivity contribution in [2.24, 2.45) is 0 Å². The van der Waals surface area contributed by atoms with Crippen LogP contribution in [0, 0.1) is 0 Å². The van der Waals surface area contributed by atoms with Crippen LogP contribution in [0.25, 0.3) is 0 Å². The summed E-state index contributed by atoms with van der Waals surface area (Å²) in [6.07, 6.45) is 0.370. The highest BCUT2D eigenvalue weighted by Crippen LogP contribution is 2.12. The molecule has 21 heavy (non-hydrogen) atoms. The van der Waals surface area contributed by atoms with Crippen LogP contribution >= 0.6 is 0 Å². The highest BCUT2D eigenvalue weighted by molar-refractivity contribution is 7.89. The van der Waals surface area contributed by atoms with E-state index in [1.807, 2.05) is 0 Å². The number of carbonyl (C=O) groups excluding carboxylic acids is 1. The monoisotopic (exact) mass is 314 g/mol. The van der Waals surface area contributed by atoms with Crippen LogP contribution in [0.5, 0.6) is 0 Å². The first-order chi connectivity index (χ1) is 9.82. The molecule has 0 spiro atoms. The maximum absolute atomic E-state index is 11.6. The average molecular weight is 314 g/mol. The number of anilines is 1. The zero-order valence-electron chi connectivity index (χ0n) is 11.6. The van der Waals surface area contributed by atoms with Crippen molar-refractivity contribution in [3.05, 3.63) is 29.8 Å².